The minimum atomic E-state index is -0.368. The van der Waals surface area contributed by atoms with Gasteiger partial charge in [0.1, 0.15) is 17.5 Å². The first kappa shape index (κ1) is 26.3. The topological polar surface area (TPSA) is 58.1 Å². The Morgan fingerprint density at radius 1 is 0.821 bits per heavy atom. The number of benzene rings is 4. The predicted octanol–water partition coefficient (Wildman–Crippen LogP) is 7.31. The van der Waals surface area contributed by atoms with Crippen LogP contribution in [0.1, 0.15) is 12.0 Å². The van der Waals surface area contributed by atoms with E-state index < -0.39 is 0 Å². The SMILES string of the molecule is O=C(CCN(CCc1ccccc1)c1nc(-c2ccc(F)cc2)nc2cc(Cl)ccc12)Nc1ccc(F)cc1. The fraction of sp³-hybridized carbons (Fsp3) is 0.129. The summed E-state index contributed by atoms with van der Waals surface area (Å²) >= 11 is 6.30. The van der Waals surface area contributed by atoms with Crippen LogP contribution in [0.3, 0.4) is 0 Å². The van der Waals surface area contributed by atoms with Crippen molar-refractivity contribution >= 4 is 39.9 Å². The summed E-state index contributed by atoms with van der Waals surface area (Å²) in [5.41, 5.74) is 2.99. The van der Waals surface area contributed by atoms with Crippen molar-refractivity contribution in [3.8, 4) is 11.4 Å². The Bertz CT molecular complexity index is 1580. The van der Waals surface area contributed by atoms with Gasteiger partial charge in [-0.05, 0) is 78.7 Å². The van der Waals surface area contributed by atoms with Crippen molar-refractivity contribution in [2.24, 2.45) is 0 Å². The molecule has 0 atom stereocenters. The van der Waals surface area contributed by atoms with E-state index in [1.165, 1.54) is 36.4 Å². The van der Waals surface area contributed by atoms with Crippen LogP contribution in [0, 0.1) is 11.6 Å². The monoisotopic (exact) mass is 542 g/mol. The maximum absolute atomic E-state index is 13.6. The molecule has 5 aromatic rings. The molecule has 196 valence electrons. The second-order valence-corrected chi connectivity index (χ2v) is 9.50. The summed E-state index contributed by atoms with van der Waals surface area (Å²) in [4.78, 5) is 24.5. The molecule has 5 rings (SSSR count). The molecule has 1 N–H and O–H groups in total. The standard InChI is InChI=1S/C31H25ClF2N4O/c32-23-8-15-27-28(20-23)36-30(22-6-9-24(33)10-7-22)37-31(27)38(18-16-21-4-2-1-3-5-21)19-17-29(39)35-26-13-11-25(34)12-14-26/h1-15,20H,16-19H2,(H,35,39). The van der Waals surface area contributed by atoms with Crippen LogP contribution in [-0.2, 0) is 11.2 Å². The lowest BCUT2D eigenvalue weighted by Crippen LogP contribution is -2.31. The van der Waals surface area contributed by atoms with Gasteiger partial charge in [-0.15, -0.1) is 0 Å². The van der Waals surface area contributed by atoms with E-state index in [0.717, 1.165) is 17.4 Å². The summed E-state index contributed by atoms with van der Waals surface area (Å²) in [6.07, 6.45) is 0.905. The number of carbonyl (C=O) groups excluding carboxylic acids is 1. The van der Waals surface area contributed by atoms with E-state index in [2.05, 4.69) is 22.3 Å². The first-order valence-electron chi connectivity index (χ1n) is 12.5. The fourth-order valence-corrected chi connectivity index (χ4v) is 4.45. The Morgan fingerprint density at radius 2 is 1.51 bits per heavy atom. The van der Waals surface area contributed by atoms with Gasteiger partial charge in [0.25, 0.3) is 0 Å². The van der Waals surface area contributed by atoms with Crippen LogP contribution in [-0.4, -0.2) is 29.0 Å². The minimum absolute atomic E-state index is 0.178. The molecule has 0 aliphatic carbocycles. The summed E-state index contributed by atoms with van der Waals surface area (Å²) in [6.45, 7) is 0.961. The minimum Gasteiger partial charge on any atom is -0.355 e. The molecule has 1 amide bonds. The van der Waals surface area contributed by atoms with Gasteiger partial charge < -0.3 is 10.2 Å². The molecule has 0 aliphatic rings. The molecule has 0 bridgehead atoms. The molecule has 0 saturated carbocycles. The zero-order chi connectivity index (χ0) is 27.2. The van der Waals surface area contributed by atoms with Crippen LogP contribution < -0.4 is 10.2 Å². The molecule has 0 fully saturated rings. The van der Waals surface area contributed by atoms with Crippen molar-refractivity contribution < 1.29 is 13.6 Å². The lowest BCUT2D eigenvalue weighted by molar-refractivity contribution is -0.116. The summed E-state index contributed by atoms with van der Waals surface area (Å²) in [7, 11) is 0. The van der Waals surface area contributed by atoms with E-state index in [0.29, 0.717) is 46.5 Å². The quantitative estimate of drug-likeness (QED) is 0.212. The number of rotatable bonds is 9. The molecule has 5 nitrogen and oxygen atoms in total. The second-order valence-electron chi connectivity index (χ2n) is 9.07. The van der Waals surface area contributed by atoms with Crippen molar-refractivity contribution in [3.63, 3.8) is 0 Å². The average Bonchev–Trinajstić information content (AvgIpc) is 2.94. The van der Waals surface area contributed by atoms with Gasteiger partial charge in [-0.25, -0.2) is 18.7 Å². The highest BCUT2D eigenvalue weighted by Gasteiger charge is 2.18. The zero-order valence-electron chi connectivity index (χ0n) is 20.9. The van der Waals surface area contributed by atoms with Crippen LogP contribution in [0.25, 0.3) is 22.3 Å². The number of fused-ring (bicyclic) bond motifs is 1. The first-order chi connectivity index (χ1) is 18.9. The summed E-state index contributed by atoms with van der Waals surface area (Å²) in [5.74, 6) is 0.167. The highest BCUT2D eigenvalue weighted by atomic mass is 35.5. The van der Waals surface area contributed by atoms with Gasteiger partial charge >= 0.3 is 0 Å². The Kier molecular flexibility index (Phi) is 8.08. The lowest BCUT2D eigenvalue weighted by atomic mass is 10.1. The number of hydrogen-bond acceptors (Lipinski definition) is 4. The largest absolute Gasteiger partial charge is 0.355 e. The second kappa shape index (κ2) is 12.0. The number of nitrogens with one attached hydrogen (secondary N) is 1. The van der Waals surface area contributed by atoms with E-state index in [1.807, 2.05) is 24.3 Å². The maximum atomic E-state index is 13.6. The molecule has 39 heavy (non-hydrogen) atoms. The summed E-state index contributed by atoms with van der Waals surface area (Å²) < 4.78 is 26.9. The number of amides is 1. The third-order valence-electron chi connectivity index (χ3n) is 6.29. The van der Waals surface area contributed by atoms with Gasteiger partial charge in [0, 0.05) is 41.2 Å². The summed E-state index contributed by atoms with van der Waals surface area (Å²) in [5, 5.41) is 4.14. The van der Waals surface area contributed by atoms with E-state index >= 15 is 0 Å². The Hall–Kier alpha value is -4.36. The van der Waals surface area contributed by atoms with Gasteiger partial charge in [-0.3, -0.25) is 4.79 Å². The number of hydrogen-bond donors (Lipinski definition) is 1. The van der Waals surface area contributed by atoms with Crippen LogP contribution in [0.5, 0.6) is 0 Å². The van der Waals surface area contributed by atoms with E-state index in [9.17, 15) is 13.6 Å². The van der Waals surface area contributed by atoms with Crippen molar-refractivity contribution in [2.75, 3.05) is 23.3 Å². The molecular formula is C31H25ClF2N4O. The Morgan fingerprint density at radius 3 is 2.23 bits per heavy atom. The molecule has 1 aromatic heterocycles. The highest BCUT2D eigenvalue weighted by molar-refractivity contribution is 6.31. The molecule has 0 spiro atoms. The third-order valence-corrected chi connectivity index (χ3v) is 6.53. The molecule has 1 heterocycles. The van der Waals surface area contributed by atoms with Crippen molar-refractivity contribution in [1.29, 1.82) is 0 Å². The number of nitrogens with zero attached hydrogens (tertiary/aromatic N) is 3. The number of aromatic nitrogens is 2. The van der Waals surface area contributed by atoms with Crippen LogP contribution in [0.4, 0.5) is 20.3 Å². The first-order valence-corrected chi connectivity index (χ1v) is 12.9. The number of carbonyl (C=O) groups is 1. The molecular weight excluding hydrogens is 518 g/mol. The molecule has 4 aromatic carbocycles. The Labute approximate surface area is 230 Å². The normalized spacial score (nSPS) is 10.9. The van der Waals surface area contributed by atoms with Gasteiger partial charge in [0.05, 0.1) is 5.52 Å². The molecule has 0 unspecified atom stereocenters. The van der Waals surface area contributed by atoms with Crippen molar-refractivity contribution in [3.05, 3.63) is 119 Å². The van der Waals surface area contributed by atoms with Gasteiger partial charge in [-0.2, -0.15) is 0 Å². The average molecular weight is 543 g/mol. The van der Waals surface area contributed by atoms with Crippen molar-refractivity contribution in [1.82, 2.24) is 9.97 Å². The fourth-order valence-electron chi connectivity index (χ4n) is 4.28. The zero-order valence-corrected chi connectivity index (χ0v) is 21.7. The van der Waals surface area contributed by atoms with E-state index in [-0.39, 0.29) is 24.0 Å². The van der Waals surface area contributed by atoms with Gasteiger partial charge in [-0.1, -0.05) is 41.9 Å². The van der Waals surface area contributed by atoms with Crippen LogP contribution in [0.2, 0.25) is 5.02 Å². The number of halogens is 3. The molecule has 0 radical (unpaired) electrons. The molecule has 0 aliphatic heterocycles. The third kappa shape index (κ3) is 6.75. The van der Waals surface area contributed by atoms with Crippen molar-refractivity contribution in [2.45, 2.75) is 12.8 Å². The van der Waals surface area contributed by atoms with Crippen LogP contribution >= 0.6 is 11.6 Å². The van der Waals surface area contributed by atoms with Gasteiger partial charge in [0.2, 0.25) is 5.91 Å². The summed E-state index contributed by atoms with van der Waals surface area (Å²) in [6, 6.07) is 27.1. The predicted molar refractivity (Wildman–Crippen MR) is 152 cm³/mol. The number of anilines is 2. The molecule has 0 saturated heterocycles. The van der Waals surface area contributed by atoms with Crippen LogP contribution in [0.15, 0.2) is 97.1 Å². The molecule has 8 heteroatoms. The Balaban J connectivity index is 1.48. The van der Waals surface area contributed by atoms with E-state index in [1.54, 1.807) is 24.3 Å². The highest BCUT2D eigenvalue weighted by Crippen LogP contribution is 2.30. The smallest absolute Gasteiger partial charge is 0.226 e. The lowest BCUT2D eigenvalue weighted by Gasteiger charge is -2.25. The maximum Gasteiger partial charge on any atom is 0.226 e. The van der Waals surface area contributed by atoms with Gasteiger partial charge in [0.15, 0.2) is 5.82 Å². The van der Waals surface area contributed by atoms with E-state index in [4.69, 9.17) is 21.6 Å².